The van der Waals surface area contributed by atoms with Gasteiger partial charge in [-0.05, 0) is 38.1 Å². The van der Waals surface area contributed by atoms with E-state index in [1.165, 1.54) is 12.1 Å². The molecule has 1 aromatic rings. The van der Waals surface area contributed by atoms with Crippen molar-refractivity contribution >= 4 is 5.91 Å². The summed E-state index contributed by atoms with van der Waals surface area (Å²) in [5, 5.41) is 22.0. The zero-order chi connectivity index (χ0) is 13.8. The number of phenols is 2. The van der Waals surface area contributed by atoms with Crippen molar-refractivity contribution in [3.63, 3.8) is 0 Å². The first-order valence-corrected chi connectivity index (χ1v) is 6.66. The van der Waals surface area contributed by atoms with Gasteiger partial charge >= 0.3 is 0 Å². The van der Waals surface area contributed by atoms with E-state index in [-0.39, 0.29) is 29.0 Å². The van der Waals surface area contributed by atoms with E-state index in [4.69, 9.17) is 0 Å². The summed E-state index contributed by atoms with van der Waals surface area (Å²) >= 11 is 0. The van der Waals surface area contributed by atoms with Crippen molar-refractivity contribution in [1.82, 2.24) is 10.2 Å². The average molecular weight is 264 g/mol. The lowest BCUT2D eigenvalue weighted by Gasteiger charge is -2.32. The number of hydrogen-bond donors (Lipinski definition) is 3. The second-order valence-corrected chi connectivity index (χ2v) is 4.88. The van der Waals surface area contributed by atoms with Crippen LogP contribution in [0.25, 0.3) is 0 Å². The fraction of sp³-hybridized carbons (Fsp3) is 0.500. The van der Waals surface area contributed by atoms with Gasteiger partial charge in [0.1, 0.15) is 0 Å². The molecule has 1 fully saturated rings. The SMILES string of the molecule is CCN1CCCC(NC(=O)c2cccc(O)c2O)C1. The number of aromatic hydroxyl groups is 2. The van der Waals surface area contributed by atoms with Crippen LogP contribution in [0.5, 0.6) is 11.5 Å². The van der Waals surface area contributed by atoms with Crippen LogP contribution in [0, 0.1) is 0 Å². The second kappa shape index (κ2) is 5.93. The van der Waals surface area contributed by atoms with Gasteiger partial charge in [0.25, 0.3) is 5.91 Å². The number of rotatable bonds is 3. The Kier molecular flexibility index (Phi) is 4.27. The van der Waals surface area contributed by atoms with E-state index in [9.17, 15) is 15.0 Å². The molecule has 1 amide bonds. The minimum atomic E-state index is -0.358. The molecule has 1 atom stereocenters. The van der Waals surface area contributed by atoms with Crippen LogP contribution < -0.4 is 5.32 Å². The highest BCUT2D eigenvalue weighted by molar-refractivity contribution is 5.97. The summed E-state index contributed by atoms with van der Waals surface area (Å²) in [4.78, 5) is 14.4. The van der Waals surface area contributed by atoms with Gasteiger partial charge in [0.2, 0.25) is 0 Å². The number of nitrogens with zero attached hydrogens (tertiary/aromatic N) is 1. The van der Waals surface area contributed by atoms with Crippen LogP contribution in [0.1, 0.15) is 30.1 Å². The number of carbonyl (C=O) groups is 1. The first-order chi connectivity index (χ1) is 9.11. The molecule has 1 saturated heterocycles. The van der Waals surface area contributed by atoms with Crippen LogP contribution in [0.3, 0.4) is 0 Å². The molecule has 0 spiro atoms. The number of benzene rings is 1. The molecule has 1 aliphatic heterocycles. The van der Waals surface area contributed by atoms with Crippen LogP contribution in [-0.4, -0.2) is 46.7 Å². The topological polar surface area (TPSA) is 72.8 Å². The number of amides is 1. The molecule has 104 valence electrons. The largest absolute Gasteiger partial charge is 0.504 e. The Morgan fingerprint density at radius 3 is 3.00 bits per heavy atom. The maximum Gasteiger partial charge on any atom is 0.255 e. The van der Waals surface area contributed by atoms with Gasteiger partial charge in [-0.2, -0.15) is 0 Å². The summed E-state index contributed by atoms with van der Waals surface area (Å²) in [6, 6.07) is 4.50. The molecule has 1 aromatic carbocycles. The van der Waals surface area contributed by atoms with E-state index in [2.05, 4.69) is 17.1 Å². The van der Waals surface area contributed by atoms with Crippen molar-refractivity contribution in [1.29, 1.82) is 0 Å². The van der Waals surface area contributed by atoms with Gasteiger partial charge < -0.3 is 20.4 Å². The van der Waals surface area contributed by atoms with E-state index in [1.54, 1.807) is 6.07 Å². The molecule has 0 radical (unpaired) electrons. The molecule has 5 nitrogen and oxygen atoms in total. The smallest absolute Gasteiger partial charge is 0.255 e. The normalized spacial score (nSPS) is 20.2. The van der Waals surface area contributed by atoms with Gasteiger partial charge in [-0.25, -0.2) is 0 Å². The summed E-state index contributed by atoms with van der Waals surface area (Å²) in [7, 11) is 0. The van der Waals surface area contributed by atoms with E-state index in [0.717, 1.165) is 32.5 Å². The minimum absolute atomic E-state index is 0.1000. The van der Waals surface area contributed by atoms with Crippen molar-refractivity contribution in [2.75, 3.05) is 19.6 Å². The Morgan fingerprint density at radius 1 is 1.47 bits per heavy atom. The number of carbonyl (C=O) groups excluding carboxylic acids is 1. The molecule has 1 aliphatic rings. The highest BCUT2D eigenvalue weighted by atomic mass is 16.3. The molecule has 19 heavy (non-hydrogen) atoms. The van der Waals surface area contributed by atoms with Gasteiger partial charge in [-0.15, -0.1) is 0 Å². The van der Waals surface area contributed by atoms with Crippen LogP contribution >= 0.6 is 0 Å². The summed E-state index contributed by atoms with van der Waals surface area (Å²) in [6.45, 7) is 4.98. The lowest BCUT2D eigenvalue weighted by atomic mass is 10.0. The number of nitrogens with one attached hydrogen (secondary N) is 1. The standard InChI is InChI=1S/C14H20N2O3/c1-2-16-8-4-5-10(9-16)15-14(19)11-6-3-7-12(17)13(11)18/h3,6-7,10,17-18H,2,4-5,8-9H2,1H3,(H,15,19). The van der Waals surface area contributed by atoms with Crippen LogP contribution in [0.15, 0.2) is 18.2 Å². The lowest BCUT2D eigenvalue weighted by molar-refractivity contribution is 0.0902. The van der Waals surface area contributed by atoms with Crippen molar-refractivity contribution in [3.8, 4) is 11.5 Å². The number of likely N-dealkylation sites (N-methyl/N-ethyl adjacent to an activating group) is 1. The highest BCUT2D eigenvalue weighted by Crippen LogP contribution is 2.28. The Hall–Kier alpha value is -1.75. The third-order valence-electron chi connectivity index (χ3n) is 3.55. The molecule has 0 aromatic heterocycles. The quantitative estimate of drug-likeness (QED) is 0.720. The van der Waals surface area contributed by atoms with E-state index < -0.39 is 0 Å². The molecule has 0 aliphatic carbocycles. The summed E-state index contributed by atoms with van der Waals surface area (Å²) in [5.41, 5.74) is 0.119. The zero-order valence-electron chi connectivity index (χ0n) is 11.1. The van der Waals surface area contributed by atoms with E-state index in [1.807, 2.05) is 0 Å². The predicted molar refractivity (Wildman–Crippen MR) is 72.4 cm³/mol. The highest BCUT2D eigenvalue weighted by Gasteiger charge is 2.22. The molecule has 3 N–H and O–H groups in total. The molecule has 0 saturated carbocycles. The third-order valence-corrected chi connectivity index (χ3v) is 3.55. The summed E-state index contributed by atoms with van der Waals surface area (Å²) in [6.07, 6.45) is 2.01. The Bertz CT molecular complexity index is 462. The van der Waals surface area contributed by atoms with Gasteiger partial charge in [0.05, 0.1) is 5.56 Å². The summed E-state index contributed by atoms with van der Waals surface area (Å²) in [5.74, 6) is -0.967. The van der Waals surface area contributed by atoms with Crippen LogP contribution in [0.4, 0.5) is 0 Å². The molecule has 1 heterocycles. The first-order valence-electron chi connectivity index (χ1n) is 6.66. The average Bonchev–Trinajstić information content (AvgIpc) is 2.42. The molecular formula is C14H20N2O3. The third kappa shape index (κ3) is 3.17. The van der Waals surface area contributed by atoms with E-state index >= 15 is 0 Å². The Balaban J connectivity index is 2.02. The van der Waals surface area contributed by atoms with Crippen molar-refractivity contribution < 1.29 is 15.0 Å². The maximum absolute atomic E-state index is 12.1. The van der Waals surface area contributed by atoms with Gasteiger partial charge in [0, 0.05) is 12.6 Å². The van der Waals surface area contributed by atoms with Gasteiger partial charge in [-0.3, -0.25) is 4.79 Å². The number of likely N-dealkylation sites (tertiary alicyclic amines) is 1. The van der Waals surface area contributed by atoms with Gasteiger partial charge in [0.15, 0.2) is 11.5 Å². The zero-order valence-corrected chi connectivity index (χ0v) is 11.1. The second-order valence-electron chi connectivity index (χ2n) is 4.88. The lowest BCUT2D eigenvalue weighted by Crippen LogP contribution is -2.47. The maximum atomic E-state index is 12.1. The number of piperidine rings is 1. The van der Waals surface area contributed by atoms with Crippen molar-refractivity contribution in [2.24, 2.45) is 0 Å². The molecule has 1 unspecified atom stereocenters. The predicted octanol–water partition coefficient (Wildman–Crippen LogP) is 1.31. The van der Waals surface area contributed by atoms with Crippen LogP contribution in [-0.2, 0) is 0 Å². The van der Waals surface area contributed by atoms with Crippen molar-refractivity contribution in [3.05, 3.63) is 23.8 Å². The van der Waals surface area contributed by atoms with Gasteiger partial charge in [-0.1, -0.05) is 13.0 Å². The Labute approximate surface area is 112 Å². The summed E-state index contributed by atoms with van der Waals surface area (Å²) < 4.78 is 0. The number of hydrogen-bond acceptors (Lipinski definition) is 4. The minimum Gasteiger partial charge on any atom is -0.504 e. The monoisotopic (exact) mass is 264 g/mol. The fourth-order valence-corrected chi connectivity index (χ4v) is 2.44. The first kappa shape index (κ1) is 13.7. The number of para-hydroxylation sites is 1. The van der Waals surface area contributed by atoms with Crippen molar-refractivity contribution in [2.45, 2.75) is 25.8 Å². The fourth-order valence-electron chi connectivity index (χ4n) is 2.44. The molecule has 5 heteroatoms. The number of phenolic OH excluding ortho intramolecular Hbond substituents is 2. The molecule has 2 rings (SSSR count). The molecular weight excluding hydrogens is 244 g/mol. The molecule has 0 bridgehead atoms. The van der Waals surface area contributed by atoms with E-state index in [0.29, 0.717) is 0 Å². The Morgan fingerprint density at radius 2 is 2.26 bits per heavy atom. The van der Waals surface area contributed by atoms with Crippen LogP contribution in [0.2, 0.25) is 0 Å².